The second kappa shape index (κ2) is 6.71. The summed E-state index contributed by atoms with van der Waals surface area (Å²) in [5.41, 5.74) is 1.33. The van der Waals surface area contributed by atoms with Gasteiger partial charge in [0.15, 0.2) is 0 Å². The Kier molecular flexibility index (Phi) is 5.90. The van der Waals surface area contributed by atoms with Gasteiger partial charge in [0.25, 0.3) is 0 Å². The van der Waals surface area contributed by atoms with Crippen molar-refractivity contribution in [1.29, 1.82) is 0 Å². The normalized spacial score (nSPS) is 12.1. The SMILES string of the molecule is C[Si](C)C(C)(C)COCCc1cccc(Br)c1. The van der Waals surface area contributed by atoms with E-state index >= 15 is 0 Å². The zero-order valence-electron chi connectivity index (χ0n) is 11.2. The summed E-state index contributed by atoms with van der Waals surface area (Å²) in [6, 6.07) is 8.43. The molecule has 0 atom stereocenters. The molecule has 95 valence electrons. The lowest BCUT2D eigenvalue weighted by atomic mass is 10.2. The summed E-state index contributed by atoms with van der Waals surface area (Å²) in [5, 5.41) is 0.363. The largest absolute Gasteiger partial charge is 0.381 e. The monoisotopic (exact) mass is 313 g/mol. The highest BCUT2D eigenvalue weighted by molar-refractivity contribution is 9.10. The third kappa shape index (κ3) is 5.36. The van der Waals surface area contributed by atoms with Gasteiger partial charge in [0.2, 0.25) is 0 Å². The van der Waals surface area contributed by atoms with Crippen molar-refractivity contribution in [3.63, 3.8) is 0 Å². The van der Waals surface area contributed by atoms with Gasteiger partial charge in [-0.2, -0.15) is 0 Å². The van der Waals surface area contributed by atoms with Crippen LogP contribution in [0.25, 0.3) is 0 Å². The van der Waals surface area contributed by atoms with E-state index in [0.29, 0.717) is 5.04 Å². The topological polar surface area (TPSA) is 9.23 Å². The zero-order chi connectivity index (χ0) is 12.9. The van der Waals surface area contributed by atoms with Crippen molar-refractivity contribution < 1.29 is 4.74 Å². The summed E-state index contributed by atoms with van der Waals surface area (Å²) >= 11 is 3.49. The van der Waals surface area contributed by atoms with Gasteiger partial charge >= 0.3 is 0 Å². The first kappa shape index (κ1) is 14.9. The molecule has 0 spiro atoms. The number of benzene rings is 1. The molecule has 0 heterocycles. The molecule has 0 aromatic heterocycles. The second-order valence-corrected chi connectivity index (χ2v) is 9.59. The Morgan fingerprint density at radius 1 is 1.29 bits per heavy atom. The quantitative estimate of drug-likeness (QED) is 0.553. The molecule has 0 N–H and O–H groups in total. The van der Waals surface area contributed by atoms with Crippen LogP contribution in [0.1, 0.15) is 19.4 Å². The smallest absolute Gasteiger partial charge is 0.0506 e. The molecule has 0 bridgehead atoms. The minimum absolute atomic E-state index is 0.294. The number of hydrogen-bond acceptors (Lipinski definition) is 1. The van der Waals surface area contributed by atoms with Crippen molar-refractivity contribution in [3.8, 4) is 0 Å². The maximum absolute atomic E-state index is 5.81. The van der Waals surface area contributed by atoms with Crippen LogP contribution in [0.2, 0.25) is 18.1 Å². The number of halogens is 1. The standard InChI is InChI=1S/C14H22BrOSi/c1-14(2,17(3)4)11-16-9-8-12-6-5-7-13(15)10-12/h5-7,10H,8-9,11H2,1-4H3. The van der Waals surface area contributed by atoms with Gasteiger partial charge in [-0.05, 0) is 29.2 Å². The summed E-state index contributed by atoms with van der Waals surface area (Å²) < 4.78 is 6.96. The highest BCUT2D eigenvalue weighted by Gasteiger charge is 2.23. The average Bonchev–Trinajstić information content (AvgIpc) is 2.24. The number of ether oxygens (including phenoxy) is 1. The molecule has 0 aliphatic heterocycles. The molecule has 17 heavy (non-hydrogen) atoms. The van der Waals surface area contributed by atoms with Crippen molar-refractivity contribution in [2.75, 3.05) is 13.2 Å². The van der Waals surface area contributed by atoms with Crippen molar-refractivity contribution in [1.82, 2.24) is 0 Å². The van der Waals surface area contributed by atoms with Crippen LogP contribution in [0.3, 0.4) is 0 Å². The van der Waals surface area contributed by atoms with Gasteiger partial charge in [0.1, 0.15) is 0 Å². The molecule has 1 aromatic rings. The summed E-state index contributed by atoms with van der Waals surface area (Å²) in [4.78, 5) is 0. The Balaban J connectivity index is 2.29. The fourth-order valence-corrected chi connectivity index (χ4v) is 2.19. The molecular weight excluding hydrogens is 292 g/mol. The molecule has 1 aromatic carbocycles. The Morgan fingerprint density at radius 2 is 2.00 bits per heavy atom. The lowest BCUT2D eigenvalue weighted by Crippen LogP contribution is -2.26. The van der Waals surface area contributed by atoms with E-state index in [1.807, 2.05) is 0 Å². The zero-order valence-corrected chi connectivity index (χ0v) is 13.8. The number of hydrogen-bond donors (Lipinski definition) is 0. The van der Waals surface area contributed by atoms with Gasteiger partial charge < -0.3 is 4.74 Å². The summed E-state index contributed by atoms with van der Waals surface area (Å²) in [7, 11) is -0.294. The molecular formula is C14H22BrOSi. The van der Waals surface area contributed by atoms with Gasteiger partial charge in [-0.25, -0.2) is 0 Å². The van der Waals surface area contributed by atoms with Crippen LogP contribution in [0.5, 0.6) is 0 Å². The molecule has 0 aliphatic rings. The van der Waals surface area contributed by atoms with Crippen LogP contribution in [0.4, 0.5) is 0 Å². The van der Waals surface area contributed by atoms with Gasteiger partial charge in [0.05, 0.1) is 15.4 Å². The van der Waals surface area contributed by atoms with Crippen molar-refractivity contribution in [2.45, 2.75) is 38.4 Å². The molecule has 0 saturated carbocycles. The van der Waals surface area contributed by atoms with Crippen LogP contribution in [-0.2, 0) is 11.2 Å². The van der Waals surface area contributed by atoms with E-state index in [2.05, 4.69) is 67.1 Å². The fraction of sp³-hybridized carbons (Fsp3) is 0.571. The van der Waals surface area contributed by atoms with E-state index < -0.39 is 0 Å². The third-order valence-corrected chi connectivity index (χ3v) is 6.59. The van der Waals surface area contributed by atoms with E-state index in [1.165, 1.54) is 5.56 Å². The lowest BCUT2D eigenvalue weighted by Gasteiger charge is -2.27. The minimum atomic E-state index is -0.294. The predicted octanol–water partition coefficient (Wildman–Crippen LogP) is 4.54. The Morgan fingerprint density at radius 3 is 2.59 bits per heavy atom. The third-order valence-electron chi connectivity index (χ3n) is 3.24. The molecule has 1 rings (SSSR count). The minimum Gasteiger partial charge on any atom is -0.381 e. The van der Waals surface area contributed by atoms with Crippen molar-refractivity contribution in [3.05, 3.63) is 34.3 Å². The molecule has 0 unspecified atom stereocenters. The maximum Gasteiger partial charge on any atom is 0.0506 e. The molecule has 1 radical (unpaired) electrons. The molecule has 0 saturated heterocycles. The summed E-state index contributed by atoms with van der Waals surface area (Å²) in [6.45, 7) is 11.0. The molecule has 0 fully saturated rings. The van der Waals surface area contributed by atoms with Crippen molar-refractivity contribution in [2.24, 2.45) is 0 Å². The Labute approximate surface area is 115 Å². The van der Waals surface area contributed by atoms with Crippen LogP contribution in [0.15, 0.2) is 28.7 Å². The number of rotatable bonds is 6. The summed E-state index contributed by atoms with van der Waals surface area (Å²) in [5.74, 6) is 0. The lowest BCUT2D eigenvalue weighted by molar-refractivity contribution is 0.116. The highest BCUT2D eigenvalue weighted by Crippen LogP contribution is 2.28. The van der Waals surface area contributed by atoms with Crippen LogP contribution < -0.4 is 0 Å². The first-order chi connectivity index (χ1) is 7.92. The van der Waals surface area contributed by atoms with Crippen LogP contribution in [0, 0.1) is 0 Å². The fourth-order valence-electron chi connectivity index (χ4n) is 1.35. The average molecular weight is 314 g/mol. The highest BCUT2D eigenvalue weighted by atomic mass is 79.9. The Bertz CT molecular complexity index is 350. The van der Waals surface area contributed by atoms with Gasteiger partial charge in [0, 0.05) is 11.1 Å². The molecule has 1 nitrogen and oxygen atoms in total. The summed E-state index contributed by atoms with van der Waals surface area (Å²) in [6.07, 6.45) is 0.991. The molecule has 0 amide bonds. The predicted molar refractivity (Wildman–Crippen MR) is 80.2 cm³/mol. The van der Waals surface area contributed by atoms with Crippen LogP contribution in [-0.4, -0.2) is 22.0 Å². The molecule has 3 heteroatoms. The van der Waals surface area contributed by atoms with Gasteiger partial charge in [-0.15, -0.1) is 0 Å². The molecule has 0 aliphatic carbocycles. The Hall–Kier alpha value is -0.123. The first-order valence-electron chi connectivity index (χ1n) is 6.04. The van der Waals surface area contributed by atoms with E-state index in [1.54, 1.807) is 0 Å². The maximum atomic E-state index is 5.81. The second-order valence-electron chi connectivity index (χ2n) is 5.32. The first-order valence-corrected chi connectivity index (χ1v) is 9.34. The van der Waals surface area contributed by atoms with Gasteiger partial charge in [-0.3, -0.25) is 0 Å². The van der Waals surface area contributed by atoms with E-state index in [-0.39, 0.29) is 8.80 Å². The van der Waals surface area contributed by atoms with Gasteiger partial charge in [-0.1, -0.05) is 55.0 Å². The van der Waals surface area contributed by atoms with Crippen molar-refractivity contribution >= 4 is 24.7 Å². The van der Waals surface area contributed by atoms with Crippen LogP contribution >= 0.6 is 15.9 Å². The van der Waals surface area contributed by atoms with E-state index in [0.717, 1.165) is 24.1 Å². The van der Waals surface area contributed by atoms with E-state index in [9.17, 15) is 0 Å². The van der Waals surface area contributed by atoms with E-state index in [4.69, 9.17) is 4.74 Å².